The fourth-order valence-corrected chi connectivity index (χ4v) is 5.18. The topological polar surface area (TPSA) is 60.0 Å². The molecule has 0 saturated carbocycles. The van der Waals surface area contributed by atoms with E-state index in [1.807, 2.05) is 7.05 Å². The lowest BCUT2D eigenvalue weighted by Gasteiger charge is -2.44. The van der Waals surface area contributed by atoms with Crippen LogP contribution in [-0.4, -0.2) is 67.0 Å². The molecule has 4 rings (SSSR count). The SMILES string of the molecule is CN=C(NCC(C)(C)N1CCc2ccccc2C1)N1CCCC2(CNC(=O)C2)C1.I. The van der Waals surface area contributed by atoms with Crippen LogP contribution < -0.4 is 10.6 Å². The maximum absolute atomic E-state index is 11.8. The average molecular weight is 525 g/mol. The summed E-state index contributed by atoms with van der Waals surface area (Å²) in [5, 5.41) is 6.68. The zero-order valence-electron chi connectivity index (χ0n) is 18.5. The molecule has 1 atom stereocenters. The molecule has 166 valence electrons. The minimum absolute atomic E-state index is 0. The molecule has 3 heterocycles. The van der Waals surface area contributed by atoms with E-state index in [4.69, 9.17) is 0 Å². The Labute approximate surface area is 197 Å². The van der Waals surface area contributed by atoms with Crippen molar-refractivity contribution in [3.63, 3.8) is 0 Å². The molecule has 2 N–H and O–H groups in total. The molecule has 3 aliphatic rings. The lowest BCUT2D eigenvalue weighted by molar-refractivity contribution is -0.119. The summed E-state index contributed by atoms with van der Waals surface area (Å²) in [5.74, 6) is 1.16. The number of halogens is 1. The molecule has 0 radical (unpaired) electrons. The fourth-order valence-electron chi connectivity index (χ4n) is 5.18. The first-order valence-corrected chi connectivity index (χ1v) is 10.9. The van der Waals surface area contributed by atoms with Crippen molar-refractivity contribution < 1.29 is 4.79 Å². The van der Waals surface area contributed by atoms with Crippen LogP contribution in [0.3, 0.4) is 0 Å². The van der Waals surface area contributed by atoms with Gasteiger partial charge >= 0.3 is 0 Å². The third-order valence-electron chi connectivity index (χ3n) is 7.03. The number of amides is 1. The summed E-state index contributed by atoms with van der Waals surface area (Å²) in [7, 11) is 1.87. The van der Waals surface area contributed by atoms with Crippen LogP contribution >= 0.6 is 24.0 Å². The van der Waals surface area contributed by atoms with E-state index in [2.05, 4.69) is 63.5 Å². The van der Waals surface area contributed by atoms with Crippen molar-refractivity contribution in [2.45, 2.75) is 51.6 Å². The fraction of sp³-hybridized carbons (Fsp3) is 0.652. The maximum Gasteiger partial charge on any atom is 0.220 e. The summed E-state index contributed by atoms with van der Waals surface area (Å²) in [6, 6.07) is 8.80. The molecule has 0 bridgehead atoms. The van der Waals surface area contributed by atoms with E-state index in [1.54, 1.807) is 0 Å². The second-order valence-corrected chi connectivity index (χ2v) is 9.63. The van der Waals surface area contributed by atoms with Gasteiger partial charge in [-0.3, -0.25) is 14.7 Å². The molecule has 1 unspecified atom stereocenters. The second-order valence-electron chi connectivity index (χ2n) is 9.63. The number of nitrogens with zero attached hydrogens (tertiary/aromatic N) is 3. The third-order valence-corrected chi connectivity index (χ3v) is 7.03. The summed E-state index contributed by atoms with van der Waals surface area (Å²) in [5.41, 5.74) is 3.05. The van der Waals surface area contributed by atoms with Crippen molar-refractivity contribution in [1.82, 2.24) is 20.4 Å². The van der Waals surface area contributed by atoms with E-state index in [0.29, 0.717) is 6.42 Å². The molecule has 0 aromatic heterocycles. The molecule has 1 aromatic rings. The van der Waals surface area contributed by atoms with Crippen LogP contribution in [-0.2, 0) is 17.8 Å². The molecule has 30 heavy (non-hydrogen) atoms. The third kappa shape index (κ3) is 4.93. The van der Waals surface area contributed by atoms with Crippen LogP contribution in [0.2, 0.25) is 0 Å². The van der Waals surface area contributed by atoms with E-state index >= 15 is 0 Å². The van der Waals surface area contributed by atoms with Gasteiger partial charge in [-0.05, 0) is 44.2 Å². The Morgan fingerprint density at radius 2 is 2.03 bits per heavy atom. The van der Waals surface area contributed by atoms with Gasteiger partial charge in [0, 0.05) is 63.7 Å². The smallest absolute Gasteiger partial charge is 0.220 e. The minimum Gasteiger partial charge on any atom is -0.355 e. The van der Waals surface area contributed by atoms with Gasteiger partial charge in [0.25, 0.3) is 0 Å². The highest BCUT2D eigenvalue weighted by atomic mass is 127. The first-order chi connectivity index (χ1) is 13.9. The highest BCUT2D eigenvalue weighted by molar-refractivity contribution is 14.0. The van der Waals surface area contributed by atoms with Gasteiger partial charge in [-0.15, -0.1) is 24.0 Å². The molecule has 1 aromatic carbocycles. The Morgan fingerprint density at radius 3 is 2.73 bits per heavy atom. The van der Waals surface area contributed by atoms with Crippen LogP contribution in [0.25, 0.3) is 0 Å². The van der Waals surface area contributed by atoms with Crippen molar-refractivity contribution in [2.24, 2.45) is 10.4 Å². The quantitative estimate of drug-likeness (QED) is 0.362. The normalized spacial score (nSPS) is 25.0. The number of carbonyl (C=O) groups is 1. The molecule has 7 heteroatoms. The number of rotatable bonds is 3. The first-order valence-electron chi connectivity index (χ1n) is 10.9. The van der Waals surface area contributed by atoms with Crippen molar-refractivity contribution in [1.29, 1.82) is 0 Å². The number of piperidine rings is 1. The number of guanidine groups is 1. The van der Waals surface area contributed by atoms with Gasteiger partial charge in [0.05, 0.1) is 0 Å². The van der Waals surface area contributed by atoms with Gasteiger partial charge in [0.15, 0.2) is 5.96 Å². The standard InChI is InChI=1S/C23H35N5O.HI/c1-22(2,28-12-9-18-7-4-5-8-19(18)14-28)15-26-21(24-3)27-11-6-10-23(17-27)13-20(29)25-16-23;/h4-5,7-8H,6,9-17H2,1-3H3,(H,24,26)(H,25,29);1H. The minimum atomic E-state index is 0. The number of aliphatic imine (C=N–C) groups is 1. The van der Waals surface area contributed by atoms with Crippen molar-refractivity contribution in [2.75, 3.05) is 39.8 Å². The summed E-state index contributed by atoms with van der Waals surface area (Å²) >= 11 is 0. The predicted octanol–water partition coefficient (Wildman–Crippen LogP) is 2.62. The Bertz CT molecular complexity index is 796. The lowest BCUT2D eigenvalue weighted by Crippen LogP contribution is -2.57. The van der Waals surface area contributed by atoms with Crippen molar-refractivity contribution >= 4 is 35.8 Å². The van der Waals surface area contributed by atoms with E-state index < -0.39 is 0 Å². The number of carbonyl (C=O) groups excluding carboxylic acids is 1. The maximum atomic E-state index is 11.8. The Morgan fingerprint density at radius 1 is 1.27 bits per heavy atom. The van der Waals surface area contributed by atoms with Crippen molar-refractivity contribution in [3.05, 3.63) is 35.4 Å². The zero-order valence-corrected chi connectivity index (χ0v) is 20.9. The van der Waals surface area contributed by atoms with Crippen LogP contribution in [0.5, 0.6) is 0 Å². The second kappa shape index (κ2) is 9.42. The van der Waals surface area contributed by atoms with Gasteiger partial charge in [-0.2, -0.15) is 0 Å². The highest BCUT2D eigenvalue weighted by Crippen LogP contribution is 2.36. The molecule has 6 nitrogen and oxygen atoms in total. The number of likely N-dealkylation sites (tertiary alicyclic amines) is 1. The van der Waals surface area contributed by atoms with Crippen LogP contribution in [0.4, 0.5) is 0 Å². The summed E-state index contributed by atoms with van der Waals surface area (Å²) in [6.45, 7) is 10.3. The number of hydrogen-bond acceptors (Lipinski definition) is 3. The highest BCUT2D eigenvalue weighted by Gasteiger charge is 2.42. The van der Waals surface area contributed by atoms with E-state index in [9.17, 15) is 4.79 Å². The molecular formula is C23H36IN5O. The Kier molecular flexibility index (Phi) is 7.32. The number of fused-ring (bicyclic) bond motifs is 1. The number of benzene rings is 1. The molecular weight excluding hydrogens is 489 g/mol. The van der Waals surface area contributed by atoms with Gasteiger partial charge in [-0.1, -0.05) is 24.3 Å². The molecule has 1 amide bonds. The zero-order chi connectivity index (χ0) is 20.5. The van der Waals surface area contributed by atoms with Gasteiger partial charge in [0.2, 0.25) is 5.91 Å². The van der Waals surface area contributed by atoms with Crippen LogP contribution in [0.15, 0.2) is 29.3 Å². The van der Waals surface area contributed by atoms with Crippen LogP contribution in [0, 0.1) is 5.41 Å². The van der Waals surface area contributed by atoms with Crippen molar-refractivity contribution in [3.8, 4) is 0 Å². The largest absolute Gasteiger partial charge is 0.355 e. The van der Waals surface area contributed by atoms with Gasteiger partial charge < -0.3 is 15.5 Å². The predicted molar refractivity (Wildman–Crippen MR) is 132 cm³/mol. The Balaban J connectivity index is 0.00000256. The monoisotopic (exact) mass is 525 g/mol. The van der Waals surface area contributed by atoms with Gasteiger partial charge in [0.1, 0.15) is 0 Å². The summed E-state index contributed by atoms with van der Waals surface area (Å²) in [6.07, 6.45) is 4.00. The van der Waals surface area contributed by atoms with E-state index in [1.165, 1.54) is 11.1 Å². The molecule has 0 aliphatic carbocycles. The lowest BCUT2D eigenvalue weighted by atomic mass is 9.79. The number of hydrogen-bond donors (Lipinski definition) is 2. The molecule has 1 spiro atoms. The summed E-state index contributed by atoms with van der Waals surface area (Å²) in [4.78, 5) is 21.3. The average Bonchev–Trinajstić information content (AvgIpc) is 3.07. The first kappa shape index (κ1) is 23.3. The Hall–Kier alpha value is -1.35. The van der Waals surface area contributed by atoms with Gasteiger partial charge in [-0.25, -0.2) is 0 Å². The van der Waals surface area contributed by atoms with E-state index in [0.717, 1.165) is 64.5 Å². The molecule has 2 saturated heterocycles. The molecule has 2 fully saturated rings. The van der Waals surface area contributed by atoms with Crippen LogP contribution in [0.1, 0.15) is 44.2 Å². The van der Waals surface area contributed by atoms with E-state index in [-0.39, 0.29) is 40.8 Å². The molecule has 3 aliphatic heterocycles. The summed E-state index contributed by atoms with van der Waals surface area (Å²) < 4.78 is 0. The number of nitrogens with one attached hydrogen (secondary N) is 2.